The molecule has 0 radical (unpaired) electrons. The molecule has 8 heteroatoms. The zero-order valence-corrected chi connectivity index (χ0v) is 25.5. The fourth-order valence-corrected chi connectivity index (χ4v) is 5.90. The lowest BCUT2D eigenvalue weighted by Crippen LogP contribution is -2.42. The highest BCUT2D eigenvalue weighted by molar-refractivity contribution is 5.76. The molecule has 1 aliphatic heterocycles. The zero-order valence-electron chi connectivity index (χ0n) is 25.5. The van der Waals surface area contributed by atoms with Gasteiger partial charge < -0.3 is 34.5 Å². The predicted molar refractivity (Wildman–Crippen MR) is 171 cm³/mol. The van der Waals surface area contributed by atoms with Crippen LogP contribution < -0.4 is 15.2 Å². The Morgan fingerprint density at radius 1 is 0.889 bits per heavy atom. The van der Waals surface area contributed by atoms with Crippen molar-refractivity contribution in [3.05, 3.63) is 131 Å². The summed E-state index contributed by atoms with van der Waals surface area (Å²) >= 11 is 0. The standard InChI is InChI=1S/C37H41NO7/c1-41-37(40)36-32(18-19-34(45-36)44-33-24-29(17-16-28(33)25-39)43-23-22-42-21-20-38)30-14-8-9-15-31(30)35(26-10-4-2-5-11-26)27-12-6-3-7-13-27/h2-17,24,32,34-36,39H,18-23,25,38H2,1H3/t32-,34+,36-/m0/s1. The van der Waals surface area contributed by atoms with Crippen LogP contribution in [0.3, 0.4) is 0 Å². The molecule has 4 aromatic rings. The summed E-state index contributed by atoms with van der Waals surface area (Å²) in [5.74, 6) is 0.239. The molecule has 1 saturated heterocycles. The van der Waals surface area contributed by atoms with Gasteiger partial charge in [-0.2, -0.15) is 0 Å². The van der Waals surface area contributed by atoms with Crippen molar-refractivity contribution in [2.75, 3.05) is 33.5 Å². The number of methoxy groups -OCH3 is 1. The zero-order chi connectivity index (χ0) is 31.4. The van der Waals surface area contributed by atoms with Crippen LogP contribution in [0.25, 0.3) is 0 Å². The van der Waals surface area contributed by atoms with Crippen LogP contribution in [0.1, 0.15) is 52.5 Å². The van der Waals surface area contributed by atoms with Crippen LogP contribution >= 0.6 is 0 Å². The second-order valence-electron chi connectivity index (χ2n) is 10.9. The van der Waals surface area contributed by atoms with Gasteiger partial charge in [0.2, 0.25) is 6.29 Å². The van der Waals surface area contributed by atoms with Gasteiger partial charge in [-0.05, 0) is 40.8 Å². The second-order valence-corrected chi connectivity index (χ2v) is 10.9. The number of ether oxygens (including phenoxy) is 5. The molecule has 0 amide bonds. The summed E-state index contributed by atoms with van der Waals surface area (Å²) in [5, 5.41) is 9.98. The van der Waals surface area contributed by atoms with E-state index in [1.807, 2.05) is 48.5 Å². The van der Waals surface area contributed by atoms with Gasteiger partial charge in [0.1, 0.15) is 18.1 Å². The Balaban J connectivity index is 1.40. The number of esters is 1. The quantitative estimate of drug-likeness (QED) is 0.109. The molecule has 236 valence electrons. The Morgan fingerprint density at radius 3 is 2.24 bits per heavy atom. The number of hydrogen-bond acceptors (Lipinski definition) is 8. The maximum Gasteiger partial charge on any atom is 0.335 e. The van der Waals surface area contributed by atoms with E-state index in [1.165, 1.54) is 7.11 Å². The van der Waals surface area contributed by atoms with E-state index in [0.717, 1.165) is 22.3 Å². The van der Waals surface area contributed by atoms with Gasteiger partial charge in [0.25, 0.3) is 0 Å². The van der Waals surface area contributed by atoms with Crippen LogP contribution in [-0.2, 0) is 25.6 Å². The molecule has 5 rings (SSSR count). The highest BCUT2D eigenvalue weighted by Gasteiger charge is 2.40. The first-order valence-electron chi connectivity index (χ1n) is 15.4. The van der Waals surface area contributed by atoms with Gasteiger partial charge in [0.05, 0.1) is 26.9 Å². The molecule has 0 spiro atoms. The fourth-order valence-electron chi connectivity index (χ4n) is 5.90. The SMILES string of the molecule is COC(=O)[C@H]1O[C@@H](Oc2cc(OCCOCCN)ccc2CO)CC[C@H]1c1ccccc1C(c1ccccc1)c1ccccc1. The van der Waals surface area contributed by atoms with Crippen molar-refractivity contribution in [3.8, 4) is 11.5 Å². The van der Waals surface area contributed by atoms with Gasteiger partial charge in [-0.25, -0.2) is 4.79 Å². The van der Waals surface area contributed by atoms with Crippen molar-refractivity contribution in [3.63, 3.8) is 0 Å². The van der Waals surface area contributed by atoms with E-state index in [-0.39, 0.29) is 18.4 Å². The van der Waals surface area contributed by atoms with Crippen LogP contribution in [0.2, 0.25) is 0 Å². The summed E-state index contributed by atoms with van der Waals surface area (Å²) in [7, 11) is 1.37. The predicted octanol–water partition coefficient (Wildman–Crippen LogP) is 5.55. The Kier molecular flexibility index (Phi) is 11.6. The van der Waals surface area contributed by atoms with E-state index >= 15 is 0 Å². The molecule has 0 aliphatic carbocycles. The van der Waals surface area contributed by atoms with Crippen LogP contribution in [0, 0.1) is 0 Å². The van der Waals surface area contributed by atoms with E-state index in [1.54, 1.807) is 18.2 Å². The number of benzene rings is 4. The topological polar surface area (TPSA) is 109 Å². The van der Waals surface area contributed by atoms with Gasteiger partial charge >= 0.3 is 5.97 Å². The van der Waals surface area contributed by atoms with Crippen LogP contribution in [-0.4, -0.2) is 56.9 Å². The molecule has 1 fully saturated rings. The lowest BCUT2D eigenvalue weighted by Gasteiger charge is -2.37. The van der Waals surface area contributed by atoms with Crippen LogP contribution in [0.5, 0.6) is 11.5 Å². The first kappa shape index (κ1) is 32.2. The minimum Gasteiger partial charge on any atom is -0.491 e. The number of nitrogens with two attached hydrogens (primary N) is 1. The summed E-state index contributed by atoms with van der Waals surface area (Å²) in [6.07, 6.45) is -0.471. The second kappa shape index (κ2) is 16.2. The summed E-state index contributed by atoms with van der Waals surface area (Å²) in [5.41, 5.74) is 10.5. The minimum absolute atomic E-state index is 0.0357. The van der Waals surface area contributed by atoms with E-state index < -0.39 is 18.4 Å². The van der Waals surface area contributed by atoms with Gasteiger partial charge in [-0.1, -0.05) is 84.9 Å². The highest BCUT2D eigenvalue weighted by atomic mass is 16.7. The number of hydrogen-bond donors (Lipinski definition) is 2. The molecular weight excluding hydrogens is 570 g/mol. The minimum atomic E-state index is -0.890. The molecule has 1 aliphatic rings. The van der Waals surface area contributed by atoms with E-state index in [4.69, 9.17) is 29.4 Å². The smallest absolute Gasteiger partial charge is 0.335 e. The van der Waals surface area contributed by atoms with Gasteiger partial charge in [-0.3, -0.25) is 0 Å². The van der Waals surface area contributed by atoms with Crippen molar-refractivity contribution in [2.24, 2.45) is 5.73 Å². The van der Waals surface area contributed by atoms with Gasteiger partial charge in [-0.15, -0.1) is 0 Å². The highest BCUT2D eigenvalue weighted by Crippen LogP contribution is 2.42. The Bertz CT molecular complexity index is 1460. The molecule has 0 bridgehead atoms. The molecule has 1 heterocycles. The van der Waals surface area contributed by atoms with Crippen molar-refractivity contribution >= 4 is 5.97 Å². The van der Waals surface area contributed by atoms with Crippen molar-refractivity contribution < 1.29 is 33.6 Å². The summed E-state index contributed by atoms with van der Waals surface area (Å²) < 4.78 is 29.1. The van der Waals surface area contributed by atoms with Crippen LogP contribution in [0.4, 0.5) is 0 Å². The van der Waals surface area contributed by atoms with Crippen molar-refractivity contribution in [1.29, 1.82) is 0 Å². The van der Waals surface area contributed by atoms with Crippen molar-refractivity contribution in [1.82, 2.24) is 0 Å². The average Bonchev–Trinajstić information content (AvgIpc) is 3.09. The molecule has 45 heavy (non-hydrogen) atoms. The first-order chi connectivity index (χ1) is 22.1. The normalized spacial score (nSPS) is 18.0. The van der Waals surface area contributed by atoms with Crippen molar-refractivity contribution in [2.45, 2.75) is 43.7 Å². The molecular formula is C37H41NO7. The van der Waals surface area contributed by atoms with Gasteiger partial charge in [0.15, 0.2) is 6.10 Å². The fraction of sp³-hybridized carbons (Fsp3) is 0.324. The summed E-state index contributed by atoms with van der Waals surface area (Å²) in [6.45, 7) is 1.44. The Morgan fingerprint density at radius 2 is 1.58 bits per heavy atom. The molecule has 3 atom stereocenters. The summed E-state index contributed by atoms with van der Waals surface area (Å²) in [6, 6.07) is 34.3. The molecule has 4 aromatic carbocycles. The van der Waals surface area contributed by atoms with E-state index in [2.05, 4.69) is 36.4 Å². The molecule has 0 aromatic heterocycles. The lowest BCUT2D eigenvalue weighted by atomic mass is 9.77. The number of carbonyl (C=O) groups excluding carboxylic acids is 1. The van der Waals surface area contributed by atoms with E-state index in [0.29, 0.717) is 56.3 Å². The third-order valence-electron chi connectivity index (χ3n) is 8.01. The number of rotatable bonds is 14. The van der Waals surface area contributed by atoms with Gasteiger partial charge in [0, 0.05) is 36.4 Å². The van der Waals surface area contributed by atoms with Crippen LogP contribution in [0.15, 0.2) is 103 Å². The summed E-state index contributed by atoms with van der Waals surface area (Å²) in [4.78, 5) is 13.3. The largest absolute Gasteiger partial charge is 0.491 e. The third-order valence-corrected chi connectivity index (χ3v) is 8.01. The molecule has 3 N–H and O–H groups in total. The molecule has 0 saturated carbocycles. The monoisotopic (exact) mass is 611 g/mol. The number of carbonyl (C=O) groups is 1. The number of aliphatic hydroxyl groups excluding tert-OH is 1. The Hall–Kier alpha value is -4.21. The first-order valence-corrected chi connectivity index (χ1v) is 15.4. The maximum atomic E-state index is 13.3. The average molecular weight is 612 g/mol. The number of aliphatic hydroxyl groups is 1. The maximum absolute atomic E-state index is 13.3. The Labute approximate surface area is 264 Å². The third kappa shape index (κ3) is 8.09. The molecule has 8 nitrogen and oxygen atoms in total. The van der Waals surface area contributed by atoms with E-state index in [9.17, 15) is 9.90 Å². The lowest BCUT2D eigenvalue weighted by molar-refractivity contribution is -0.188. The molecule has 0 unspecified atom stereocenters.